The topological polar surface area (TPSA) is 122 Å². The number of hydrogen-bond acceptors (Lipinski definition) is 7. The Hall–Kier alpha value is -4.76. The largest absolute Gasteiger partial charge is 0.432 e. The molecule has 0 saturated carbocycles. The van der Waals surface area contributed by atoms with Gasteiger partial charge in [0.25, 0.3) is 5.91 Å². The van der Waals surface area contributed by atoms with E-state index in [0.29, 0.717) is 48.1 Å². The lowest BCUT2D eigenvalue weighted by atomic mass is 9.93. The standard InChI is InChI=1S/C36H42F4N8O3/c1-3-23-18-25(46-32-33-45-20-28(47(33)15-14-42-32)27-6-7-29(51-36(39)40)31(38)30(27)37)4-5-26(23)35(50)44-13-12-43-34(49)24-9-16-48(2,17-10-24)21-22-8-11-41-19-22/h4-7,14-15,18,20,22,24,36,41H,3,8-13,16-17,19,21H2,1-2H3,(H2-,42,43,44,46,49,50)/p+1. The van der Waals surface area contributed by atoms with Crippen LogP contribution in [0.25, 0.3) is 16.9 Å². The van der Waals surface area contributed by atoms with Crippen LogP contribution in [-0.4, -0.2) is 90.1 Å². The van der Waals surface area contributed by atoms with E-state index < -0.39 is 24.0 Å². The van der Waals surface area contributed by atoms with Gasteiger partial charge in [0.15, 0.2) is 23.0 Å². The van der Waals surface area contributed by atoms with Gasteiger partial charge < -0.3 is 30.5 Å². The Morgan fingerprint density at radius 3 is 2.57 bits per heavy atom. The second kappa shape index (κ2) is 15.6. The molecule has 0 aliphatic carbocycles. The van der Waals surface area contributed by atoms with Crippen molar-refractivity contribution in [3.63, 3.8) is 0 Å². The normalized spacial score (nSPS) is 20.5. The van der Waals surface area contributed by atoms with Crippen molar-refractivity contribution in [1.29, 1.82) is 0 Å². The molecule has 1 unspecified atom stereocenters. The number of aryl methyl sites for hydroxylation is 1. The first-order chi connectivity index (χ1) is 24.5. The first-order valence-corrected chi connectivity index (χ1v) is 17.3. The van der Waals surface area contributed by atoms with E-state index in [2.05, 4.69) is 43.0 Å². The number of alkyl halides is 2. The number of fused-ring (bicyclic) bond motifs is 1. The minimum absolute atomic E-state index is 0.000114. The van der Waals surface area contributed by atoms with Crippen molar-refractivity contribution in [2.24, 2.45) is 11.8 Å². The predicted molar refractivity (Wildman–Crippen MR) is 184 cm³/mol. The number of carbonyl (C=O) groups excluding carboxylic acids is 2. The number of ether oxygens (including phenoxy) is 1. The van der Waals surface area contributed by atoms with E-state index in [1.165, 1.54) is 29.4 Å². The zero-order chi connectivity index (χ0) is 36.1. The molecule has 2 aliphatic heterocycles. The molecule has 0 spiro atoms. The van der Waals surface area contributed by atoms with E-state index in [-0.39, 0.29) is 29.0 Å². The molecule has 4 aromatic rings. The van der Waals surface area contributed by atoms with E-state index in [0.717, 1.165) is 67.7 Å². The van der Waals surface area contributed by atoms with Gasteiger partial charge in [-0.15, -0.1) is 0 Å². The molecule has 1 atom stereocenters. The number of carbonyl (C=O) groups is 2. The van der Waals surface area contributed by atoms with Crippen LogP contribution in [0.4, 0.5) is 29.1 Å². The summed E-state index contributed by atoms with van der Waals surface area (Å²) in [5, 5.41) is 12.5. The molecule has 6 rings (SSSR count). The van der Waals surface area contributed by atoms with Crippen molar-refractivity contribution in [3.8, 4) is 17.0 Å². The lowest BCUT2D eigenvalue weighted by Crippen LogP contribution is -2.54. The third-order valence-corrected chi connectivity index (χ3v) is 9.94. The molecule has 2 amide bonds. The van der Waals surface area contributed by atoms with Crippen molar-refractivity contribution in [3.05, 3.63) is 71.7 Å². The minimum atomic E-state index is -3.30. The summed E-state index contributed by atoms with van der Waals surface area (Å²) < 4.78 is 61.1. The summed E-state index contributed by atoms with van der Waals surface area (Å²) in [4.78, 5) is 34.7. The number of imidazole rings is 1. The highest BCUT2D eigenvalue weighted by Crippen LogP contribution is 2.32. The Labute approximate surface area is 293 Å². The molecule has 2 aliphatic rings. The minimum Gasteiger partial charge on any atom is -0.432 e. The highest BCUT2D eigenvalue weighted by atomic mass is 19.3. The van der Waals surface area contributed by atoms with Crippen molar-refractivity contribution >= 4 is 29.0 Å². The molecule has 15 heteroatoms. The SMILES string of the molecule is CCc1cc(Nc2nccn3c(-c4ccc(OC(F)F)c(F)c4F)cnc23)ccc1C(=O)NCCNC(=O)C1CC[N+](C)(CC2CCNC2)CC1. The maximum absolute atomic E-state index is 14.9. The smallest absolute Gasteiger partial charge is 0.387 e. The third kappa shape index (κ3) is 8.25. The van der Waals surface area contributed by atoms with Gasteiger partial charge in [0.05, 0.1) is 38.6 Å². The second-order valence-corrected chi connectivity index (χ2v) is 13.5. The molecule has 2 aromatic carbocycles. The Kier molecular flexibility index (Phi) is 11.1. The number of aromatic nitrogens is 3. The number of piperidine rings is 1. The van der Waals surface area contributed by atoms with Crippen molar-refractivity contribution in [1.82, 2.24) is 30.3 Å². The summed E-state index contributed by atoms with van der Waals surface area (Å²) in [6.45, 7) is 4.62. The summed E-state index contributed by atoms with van der Waals surface area (Å²) in [6, 6.07) is 7.31. The Bertz CT molecular complexity index is 1870. The summed E-state index contributed by atoms with van der Waals surface area (Å²) in [5.41, 5.74) is 2.16. The van der Waals surface area contributed by atoms with Crippen LogP contribution in [-0.2, 0) is 11.2 Å². The summed E-state index contributed by atoms with van der Waals surface area (Å²) in [5.74, 6) is -2.97. The van der Waals surface area contributed by atoms with Gasteiger partial charge in [0, 0.05) is 73.5 Å². The van der Waals surface area contributed by atoms with E-state index in [4.69, 9.17) is 0 Å². The fourth-order valence-corrected chi connectivity index (χ4v) is 7.18. The molecule has 4 N–H and O–H groups in total. The number of anilines is 2. The predicted octanol–water partition coefficient (Wildman–Crippen LogP) is 4.89. The fraction of sp³-hybridized carbons (Fsp3) is 0.444. The fourth-order valence-electron chi connectivity index (χ4n) is 7.18. The number of amides is 2. The third-order valence-electron chi connectivity index (χ3n) is 9.94. The van der Waals surface area contributed by atoms with Crippen LogP contribution in [0.15, 0.2) is 48.9 Å². The molecule has 272 valence electrons. The maximum Gasteiger partial charge on any atom is 0.387 e. The number of hydrogen-bond donors (Lipinski definition) is 4. The lowest BCUT2D eigenvalue weighted by Gasteiger charge is -2.41. The van der Waals surface area contributed by atoms with Crippen LogP contribution in [0, 0.1) is 23.5 Å². The molecule has 2 saturated heterocycles. The van der Waals surface area contributed by atoms with Gasteiger partial charge in [-0.3, -0.25) is 14.0 Å². The average Bonchev–Trinajstić information content (AvgIpc) is 3.79. The van der Waals surface area contributed by atoms with Crippen LogP contribution in [0.1, 0.15) is 42.1 Å². The van der Waals surface area contributed by atoms with Gasteiger partial charge in [-0.05, 0) is 55.3 Å². The summed E-state index contributed by atoms with van der Waals surface area (Å²) >= 11 is 0. The first kappa shape index (κ1) is 36.0. The van der Waals surface area contributed by atoms with E-state index in [1.54, 1.807) is 12.1 Å². The van der Waals surface area contributed by atoms with Crippen LogP contribution >= 0.6 is 0 Å². The molecular weight excluding hydrogens is 668 g/mol. The van der Waals surface area contributed by atoms with Gasteiger partial charge in [-0.1, -0.05) is 6.92 Å². The molecule has 0 bridgehead atoms. The number of nitrogens with zero attached hydrogens (tertiary/aromatic N) is 4. The van der Waals surface area contributed by atoms with Crippen LogP contribution in [0.3, 0.4) is 0 Å². The Morgan fingerprint density at radius 1 is 1.06 bits per heavy atom. The Morgan fingerprint density at radius 2 is 1.84 bits per heavy atom. The summed E-state index contributed by atoms with van der Waals surface area (Å²) in [6.07, 6.45) is 7.81. The molecule has 4 heterocycles. The van der Waals surface area contributed by atoms with Crippen LogP contribution in [0.2, 0.25) is 0 Å². The van der Waals surface area contributed by atoms with Crippen molar-refractivity contribution < 1.29 is 36.4 Å². The monoisotopic (exact) mass is 711 g/mol. The van der Waals surface area contributed by atoms with Crippen LogP contribution < -0.4 is 26.0 Å². The molecule has 11 nitrogen and oxygen atoms in total. The molecule has 51 heavy (non-hydrogen) atoms. The van der Waals surface area contributed by atoms with E-state index in [9.17, 15) is 27.2 Å². The average molecular weight is 712 g/mol. The quantitative estimate of drug-likeness (QED) is 0.0886. The number of rotatable bonds is 13. The van der Waals surface area contributed by atoms with Gasteiger partial charge in [0.2, 0.25) is 11.7 Å². The number of likely N-dealkylation sites (tertiary alicyclic amines) is 1. The number of benzene rings is 2. The van der Waals surface area contributed by atoms with Crippen molar-refractivity contribution in [2.45, 2.75) is 39.2 Å². The molecule has 2 fully saturated rings. The second-order valence-electron chi connectivity index (χ2n) is 13.5. The van der Waals surface area contributed by atoms with E-state index >= 15 is 0 Å². The van der Waals surface area contributed by atoms with Crippen molar-refractivity contribution in [2.75, 3.05) is 58.2 Å². The zero-order valence-electron chi connectivity index (χ0n) is 28.7. The van der Waals surface area contributed by atoms with Gasteiger partial charge in [0.1, 0.15) is 0 Å². The highest BCUT2D eigenvalue weighted by molar-refractivity contribution is 5.96. The highest BCUT2D eigenvalue weighted by Gasteiger charge is 2.35. The lowest BCUT2D eigenvalue weighted by molar-refractivity contribution is -0.917. The number of halogens is 4. The molecular formula is C36H43F4N8O3+. The zero-order valence-corrected chi connectivity index (χ0v) is 28.7. The summed E-state index contributed by atoms with van der Waals surface area (Å²) in [7, 11) is 2.30. The Balaban J connectivity index is 1.03. The van der Waals surface area contributed by atoms with Gasteiger partial charge >= 0.3 is 6.61 Å². The van der Waals surface area contributed by atoms with Gasteiger partial charge in [-0.25, -0.2) is 14.4 Å². The van der Waals surface area contributed by atoms with E-state index in [1.807, 2.05) is 13.0 Å². The first-order valence-electron chi connectivity index (χ1n) is 17.3. The van der Waals surface area contributed by atoms with Crippen LogP contribution in [0.5, 0.6) is 5.75 Å². The maximum atomic E-state index is 14.9. The molecule has 0 radical (unpaired) electrons. The van der Waals surface area contributed by atoms with Gasteiger partial charge in [-0.2, -0.15) is 13.2 Å². The number of quaternary nitrogens is 1. The number of nitrogens with one attached hydrogen (secondary N) is 4. The molecule has 2 aromatic heterocycles.